The van der Waals surface area contributed by atoms with Crippen LogP contribution in [0.15, 0.2) is 23.7 Å². The van der Waals surface area contributed by atoms with E-state index in [-0.39, 0.29) is 0 Å². The Balaban J connectivity index is 2.57. The molecule has 1 rings (SSSR count). The molecule has 0 amide bonds. The maximum atomic E-state index is 11.3. The van der Waals surface area contributed by atoms with Crippen LogP contribution in [0.25, 0.3) is 0 Å². The zero-order valence-electron chi connectivity index (χ0n) is 10.2. The first-order valence-corrected chi connectivity index (χ1v) is 5.83. The van der Waals surface area contributed by atoms with Crippen LogP contribution in [-0.2, 0) is 9.47 Å². The van der Waals surface area contributed by atoms with E-state index in [1.54, 1.807) is 6.92 Å². The number of carbonyl (C=O) groups excluding carboxylic acids is 1. The Hall–Kier alpha value is -1.25. The minimum Gasteiger partial charge on any atom is -0.400 e. The van der Waals surface area contributed by atoms with Gasteiger partial charge in [-0.3, -0.25) is 0 Å². The van der Waals surface area contributed by atoms with Crippen molar-refractivity contribution in [3.8, 4) is 0 Å². The molecule has 0 heterocycles. The molecule has 0 saturated carbocycles. The Bertz CT molecular complexity index is 302. The van der Waals surface area contributed by atoms with E-state index >= 15 is 0 Å². The summed E-state index contributed by atoms with van der Waals surface area (Å²) in [5, 5.41) is 0. The molecular weight excluding hydrogens is 204 g/mol. The lowest BCUT2D eigenvalue weighted by Crippen LogP contribution is -2.08. The zero-order valence-corrected chi connectivity index (χ0v) is 10.2. The van der Waals surface area contributed by atoms with Gasteiger partial charge in [0.25, 0.3) is 0 Å². The largest absolute Gasteiger partial charge is 0.518 e. The summed E-state index contributed by atoms with van der Waals surface area (Å²) in [7, 11) is 0. The normalized spacial score (nSPS) is 17.4. The standard InChI is InChI=1S/C13H20O3/c1-10(2)15-13(14)16-12-9-7-5-4-6-8-11(12)3/h1,4-9H2,2-3H3. The molecule has 0 radical (unpaired) electrons. The maximum Gasteiger partial charge on any atom is 0.518 e. The van der Waals surface area contributed by atoms with Crippen LogP contribution < -0.4 is 0 Å². The SMILES string of the molecule is C=C(C)OC(=O)OC1=C(C)CCCCCC1. The molecule has 0 aromatic carbocycles. The summed E-state index contributed by atoms with van der Waals surface area (Å²) in [5.41, 5.74) is 1.17. The van der Waals surface area contributed by atoms with Crippen molar-refractivity contribution in [3.63, 3.8) is 0 Å². The van der Waals surface area contributed by atoms with Gasteiger partial charge >= 0.3 is 6.16 Å². The molecule has 3 nitrogen and oxygen atoms in total. The van der Waals surface area contributed by atoms with E-state index in [0.717, 1.165) is 25.0 Å². The Kier molecular flexibility index (Phi) is 5.09. The van der Waals surface area contributed by atoms with Crippen LogP contribution in [-0.4, -0.2) is 6.16 Å². The summed E-state index contributed by atoms with van der Waals surface area (Å²) in [4.78, 5) is 11.3. The van der Waals surface area contributed by atoms with Gasteiger partial charge in [-0.15, -0.1) is 0 Å². The lowest BCUT2D eigenvalue weighted by Gasteiger charge is -2.15. The third kappa shape index (κ3) is 4.51. The fourth-order valence-corrected chi connectivity index (χ4v) is 1.78. The van der Waals surface area contributed by atoms with Crippen molar-refractivity contribution in [2.24, 2.45) is 0 Å². The van der Waals surface area contributed by atoms with Crippen LogP contribution in [0.3, 0.4) is 0 Å². The van der Waals surface area contributed by atoms with Crippen LogP contribution in [0.4, 0.5) is 4.79 Å². The first kappa shape index (κ1) is 12.8. The summed E-state index contributed by atoms with van der Waals surface area (Å²) < 4.78 is 9.99. The molecule has 16 heavy (non-hydrogen) atoms. The van der Waals surface area contributed by atoms with E-state index in [1.807, 2.05) is 6.92 Å². The summed E-state index contributed by atoms with van der Waals surface area (Å²) in [6, 6.07) is 0. The number of hydrogen-bond donors (Lipinski definition) is 0. The predicted octanol–water partition coefficient (Wildman–Crippen LogP) is 4.30. The topological polar surface area (TPSA) is 35.5 Å². The second-order valence-corrected chi connectivity index (χ2v) is 4.27. The highest BCUT2D eigenvalue weighted by Gasteiger charge is 2.13. The molecule has 0 bridgehead atoms. The maximum absolute atomic E-state index is 11.3. The van der Waals surface area contributed by atoms with Crippen LogP contribution in [0.2, 0.25) is 0 Å². The van der Waals surface area contributed by atoms with Gasteiger partial charge < -0.3 is 9.47 Å². The molecule has 0 N–H and O–H groups in total. The van der Waals surface area contributed by atoms with Crippen LogP contribution >= 0.6 is 0 Å². The van der Waals surface area contributed by atoms with Crippen molar-refractivity contribution in [3.05, 3.63) is 23.7 Å². The van der Waals surface area contributed by atoms with E-state index in [9.17, 15) is 4.79 Å². The smallest absolute Gasteiger partial charge is 0.400 e. The van der Waals surface area contributed by atoms with Crippen molar-refractivity contribution < 1.29 is 14.3 Å². The van der Waals surface area contributed by atoms with E-state index in [0.29, 0.717) is 5.76 Å². The first-order valence-electron chi connectivity index (χ1n) is 5.83. The van der Waals surface area contributed by atoms with Crippen LogP contribution in [0, 0.1) is 0 Å². The van der Waals surface area contributed by atoms with Crippen molar-refractivity contribution in [2.75, 3.05) is 0 Å². The lowest BCUT2D eigenvalue weighted by molar-refractivity contribution is 0.0985. The van der Waals surface area contributed by atoms with Crippen LogP contribution in [0.1, 0.15) is 52.4 Å². The quantitative estimate of drug-likeness (QED) is 0.518. The molecule has 0 spiro atoms. The molecular formula is C13H20O3. The van der Waals surface area contributed by atoms with E-state index in [1.165, 1.54) is 24.8 Å². The Morgan fingerprint density at radius 3 is 2.44 bits per heavy atom. The van der Waals surface area contributed by atoms with Gasteiger partial charge in [-0.1, -0.05) is 19.4 Å². The van der Waals surface area contributed by atoms with Crippen LogP contribution in [0.5, 0.6) is 0 Å². The lowest BCUT2D eigenvalue weighted by atomic mass is 10.00. The second kappa shape index (κ2) is 6.36. The zero-order chi connectivity index (χ0) is 12.0. The summed E-state index contributed by atoms with van der Waals surface area (Å²) >= 11 is 0. The Labute approximate surface area is 97.1 Å². The molecule has 0 atom stereocenters. The molecule has 0 aromatic heterocycles. The van der Waals surface area contributed by atoms with Gasteiger partial charge in [-0.25, -0.2) is 4.79 Å². The van der Waals surface area contributed by atoms with Gasteiger partial charge in [-0.2, -0.15) is 0 Å². The number of allylic oxidation sites excluding steroid dienone is 3. The van der Waals surface area contributed by atoms with Gasteiger partial charge in [0.1, 0.15) is 11.5 Å². The third-order valence-corrected chi connectivity index (χ3v) is 2.65. The van der Waals surface area contributed by atoms with Gasteiger partial charge in [0.05, 0.1) is 0 Å². The molecule has 1 aliphatic carbocycles. The highest BCUT2D eigenvalue weighted by atomic mass is 16.7. The average molecular weight is 224 g/mol. The number of hydrogen-bond acceptors (Lipinski definition) is 3. The predicted molar refractivity (Wildman–Crippen MR) is 62.8 cm³/mol. The molecule has 1 aliphatic rings. The van der Waals surface area contributed by atoms with Crippen molar-refractivity contribution >= 4 is 6.16 Å². The molecule has 0 aliphatic heterocycles. The highest BCUT2D eigenvalue weighted by Crippen LogP contribution is 2.24. The van der Waals surface area contributed by atoms with Gasteiger partial charge in [0.2, 0.25) is 0 Å². The fourth-order valence-electron chi connectivity index (χ4n) is 1.78. The van der Waals surface area contributed by atoms with Gasteiger partial charge in [0.15, 0.2) is 0 Å². The van der Waals surface area contributed by atoms with Crippen molar-refractivity contribution in [1.29, 1.82) is 0 Å². The van der Waals surface area contributed by atoms with Crippen molar-refractivity contribution in [1.82, 2.24) is 0 Å². The number of rotatable bonds is 2. The Morgan fingerprint density at radius 1 is 1.19 bits per heavy atom. The monoisotopic (exact) mass is 224 g/mol. The number of carbonyl (C=O) groups is 1. The van der Waals surface area contributed by atoms with E-state index in [4.69, 9.17) is 9.47 Å². The average Bonchev–Trinajstić information content (AvgIpc) is 2.16. The molecule has 0 fully saturated rings. The van der Waals surface area contributed by atoms with Crippen molar-refractivity contribution in [2.45, 2.75) is 52.4 Å². The van der Waals surface area contributed by atoms with Gasteiger partial charge in [-0.05, 0) is 38.7 Å². The molecule has 90 valence electrons. The second-order valence-electron chi connectivity index (χ2n) is 4.27. The highest BCUT2D eigenvalue weighted by molar-refractivity contribution is 5.62. The number of ether oxygens (including phenoxy) is 2. The molecule has 0 unspecified atom stereocenters. The summed E-state index contributed by atoms with van der Waals surface area (Å²) in [6.07, 6.45) is 5.90. The van der Waals surface area contributed by atoms with Gasteiger partial charge in [0, 0.05) is 6.42 Å². The third-order valence-electron chi connectivity index (χ3n) is 2.65. The minimum absolute atomic E-state index is 0.356. The van der Waals surface area contributed by atoms with E-state index in [2.05, 4.69) is 6.58 Å². The summed E-state index contributed by atoms with van der Waals surface area (Å²) in [6.45, 7) is 7.15. The Morgan fingerprint density at radius 2 is 1.81 bits per heavy atom. The molecule has 0 saturated heterocycles. The fraction of sp³-hybridized carbons (Fsp3) is 0.615. The summed E-state index contributed by atoms with van der Waals surface area (Å²) in [5.74, 6) is 1.14. The first-order chi connectivity index (χ1) is 7.59. The van der Waals surface area contributed by atoms with E-state index < -0.39 is 6.16 Å². The molecule has 3 heteroatoms. The molecule has 0 aromatic rings. The minimum atomic E-state index is -0.664.